The standard InChI is InChI=1S/C13H26N2O2/c1-11(5-4-8-14)13(17)15(9-10-16)12-6-2-3-7-12/h11-12,16H,2-10,14H2,1H3. The van der Waals surface area contributed by atoms with E-state index in [2.05, 4.69) is 0 Å². The Morgan fingerprint density at radius 3 is 2.65 bits per heavy atom. The van der Waals surface area contributed by atoms with Crippen molar-refractivity contribution in [3.63, 3.8) is 0 Å². The lowest BCUT2D eigenvalue weighted by Crippen LogP contribution is -2.43. The molecule has 0 aromatic rings. The fraction of sp³-hybridized carbons (Fsp3) is 0.923. The molecule has 0 spiro atoms. The molecule has 0 aromatic heterocycles. The molecule has 1 unspecified atom stereocenters. The molecule has 4 nitrogen and oxygen atoms in total. The van der Waals surface area contributed by atoms with Crippen molar-refractivity contribution < 1.29 is 9.90 Å². The SMILES string of the molecule is CC(CCCN)C(=O)N(CCO)C1CCCC1. The number of aliphatic hydroxyl groups is 1. The number of aliphatic hydroxyl groups excluding tert-OH is 1. The second kappa shape index (κ2) is 7.67. The molecule has 1 atom stereocenters. The molecule has 1 amide bonds. The molecule has 0 heterocycles. The number of rotatable bonds is 7. The molecule has 0 bridgehead atoms. The van der Waals surface area contributed by atoms with Gasteiger partial charge in [-0.05, 0) is 32.2 Å². The summed E-state index contributed by atoms with van der Waals surface area (Å²) in [5.41, 5.74) is 5.47. The van der Waals surface area contributed by atoms with E-state index in [1.54, 1.807) is 0 Å². The van der Waals surface area contributed by atoms with Crippen LogP contribution in [0, 0.1) is 5.92 Å². The molecule has 4 heteroatoms. The molecule has 0 radical (unpaired) electrons. The molecular weight excluding hydrogens is 216 g/mol. The normalized spacial score (nSPS) is 18.3. The number of nitrogens with zero attached hydrogens (tertiary/aromatic N) is 1. The lowest BCUT2D eigenvalue weighted by atomic mass is 10.0. The van der Waals surface area contributed by atoms with Crippen LogP contribution in [0.15, 0.2) is 0 Å². The first kappa shape index (κ1) is 14.5. The summed E-state index contributed by atoms with van der Waals surface area (Å²) >= 11 is 0. The number of carbonyl (C=O) groups excluding carboxylic acids is 1. The third kappa shape index (κ3) is 4.28. The van der Waals surface area contributed by atoms with Gasteiger partial charge in [0.25, 0.3) is 0 Å². The van der Waals surface area contributed by atoms with Crippen molar-refractivity contribution in [2.45, 2.75) is 51.5 Å². The van der Waals surface area contributed by atoms with Crippen LogP contribution in [0.25, 0.3) is 0 Å². The van der Waals surface area contributed by atoms with Crippen LogP contribution in [0.2, 0.25) is 0 Å². The minimum absolute atomic E-state index is 0.0331. The Labute approximate surface area is 104 Å². The second-order valence-corrected chi connectivity index (χ2v) is 5.03. The maximum Gasteiger partial charge on any atom is 0.225 e. The quantitative estimate of drug-likeness (QED) is 0.703. The lowest BCUT2D eigenvalue weighted by molar-refractivity contribution is -0.138. The van der Waals surface area contributed by atoms with Crippen LogP contribution in [-0.2, 0) is 4.79 Å². The molecule has 0 saturated heterocycles. The molecule has 1 rings (SSSR count). The van der Waals surface area contributed by atoms with Gasteiger partial charge >= 0.3 is 0 Å². The summed E-state index contributed by atoms with van der Waals surface area (Å²) in [5, 5.41) is 9.09. The first-order chi connectivity index (χ1) is 8.20. The number of nitrogens with two attached hydrogens (primary N) is 1. The monoisotopic (exact) mass is 242 g/mol. The number of amides is 1. The highest BCUT2D eigenvalue weighted by Gasteiger charge is 2.28. The number of carbonyl (C=O) groups is 1. The molecule has 17 heavy (non-hydrogen) atoms. The van der Waals surface area contributed by atoms with Crippen LogP contribution in [0.3, 0.4) is 0 Å². The summed E-state index contributed by atoms with van der Waals surface area (Å²) in [7, 11) is 0. The molecule has 1 fully saturated rings. The molecule has 0 aromatic carbocycles. The maximum absolute atomic E-state index is 12.3. The first-order valence-corrected chi connectivity index (χ1v) is 6.82. The Hall–Kier alpha value is -0.610. The van der Waals surface area contributed by atoms with Gasteiger partial charge in [-0.1, -0.05) is 19.8 Å². The zero-order valence-corrected chi connectivity index (χ0v) is 10.9. The summed E-state index contributed by atoms with van der Waals surface area (Å²) < 4.78 is 0. The van der Waals surface area contributed by atoms with Crippen LogP contribution in [0.4, 0.5) is 0 Å². The Kier molecular flexibility index (Phi) is 6.52. The molecule has 1 saturated carbocycles. The van der Waals surface area contributed by atoms with Crippen molar-refractivity contribution in [2.24, 2.45) is 11.7 Å². The van der Waals surface area contributed by atoms with Crippen molar-refractivity contribution in [3.05, 3.63) is 0 Å². The van der Waals surface area contributed by atoms with E-state index in [1.165, 1.54) is 12.8 Å². The molecule has 1 aliphatic carbocycles. The molecule has 3 N–H and O–H groups in total. The van der Waals surface area contributed by atoms with E-state index in [-0.39, 0.29) is 18.4 Å². The van der Waals surface area contributed by atoms with Gasteiger partial charge in [-0.15, -0.1) is 0 Å². The predicted octanol–water partition coefficient (Wildman–Crippen LogP) is 1.12. The second-order valence-electron chi connectivity index (χ2n) is 5.03. The summed E-state index contributed by atoms with van der Waals surface area (Å²) in [6, 6.07) is 0.356. The number of hydrogen-bond donors (Lipinski definition) is 2. The number of hydrogen-bond acceptors (Lipinski definition) is 3. The average Bonchev–Trinajstić information content (AvgIpc) is 2.85. The predicted molar refractivity (Wildman–Crippen MR) is 68.5 cm³/mol. The van der Waals surface area contributed by atoms with Gasteiger partial charge in [0.05, 0.1) is 6.61 Å². The van der Waals surface area contributed by atoms with Crippen molar-refractivity contribution in [1.82, 2.24) is 4.90 Å². The summed E-state index contributed by atoms with van der Waals surface area (Å²) in [6.07, 6.45) is 6.34. The lowest BCUT2D eigenvalue weighted by Gasteiger charge is -2.30. The Morgan fingerprint density at radius 2 is 2.12 bits per heavy atom. The van der Waals surface area contributed by atoms with Gasteiger partial charge < -0.3 is 15.7 Å². The Balaban J connectivity index is 2.52. The summed E-state index contributed by atoms with van der Waals surface area (Å²) in [5.74, 6) is 0.227. The van der Waals surface area contributed by atoms with Gasteiger partial charge in [0.2, 0.25) is 5.91 Å². The highest BCUT2D eigenvalue weighted by Crippen LogP contribution is 2.25. The highest BCUT2D eigenvalue weighted by atomic mass is 16.3. The molecule has 100 valence electrons. The van der Waals surface area contributed by atoms with E-state index in [1.807, 2.05) is 11.8 Å². The van der Waals surface area contributed by atoms with Gasteiger partial charge in [0, 0.05) is 18.5 Å². The third-order valence-corrected chi connectivity index (χ3v) is 3.65. The van der Waals surface area contributed by atoms with Crippen molar-refractivity contribution >= 4 is 5.91 Å². The largest absolute Gasteiger partial charge is 0.395 e. The van der Waals surface area contributed by atoms with E-state index >= 15 is 0 Å². The maximum atomic E-state index is 12.3. The van der Waals surface area contributed by atoms with Crippen LogP contribution in [0.1, 0.15) is 45.4 Å². The summed E-state index contributed by atoms with van der Waals surface area (Å²) in [4.78, 5) is 14.2. The molecule has 0 aliphatic heterocycles. The Bertz CT molecular complexity index is 227. The van der Waals surface area contributed by atoms with Gasteiger partial charge in [0.15, 0.2) is 0 Å². The van der Waals surface area contributed by atoms with Crippen molar-refractivity contribution in [2.75, 3.05) is 19.7 Å². The van der Waals surface area contributed by atoms with E-state index in [0.29, 0.717) is 19.1 Å². The molecule has 1 aliphatic rings. The molecular formula is C13H26N2O2. The van der Waals surface area contributed by atoms with Gasteiger partial charge in [-0.2, -0.15) is 0 Å². The van der Waals surface area contributed by atoms with E-state index in [0.717, 1.165) is 25.7 Å². The van der Waals surface area contributed by atoms with Crippen LogP contribution in [0.5, 0.6) is 0 Å². The minimum Gasteiger partial charge on any atom is -0.395 e. The topological polar surface area (TPSA) is 66.6 Å². The van der Waals surface area contributed by atoms with Crippen LogP contribution < -0.4 is 5.73 Å². The fourth-order valence-electron chi connectivity index (χ4n) is 2.63. The van der Waals surface area contributed by atoms with Gasteiger partial charge in [0.1, 0.15) is 0 Å². The van der Waals surface area contributed by atoms with Crippen molar-refractivity contribution in [3.8, 4) is 0 Å². The van der Waals surface area contributed by atoms with Crippen molar-refractivity contribution in [1.29, 1.82) is 0 Å². The van der Waals surface area contributed by atoms with E-state index in [9.17, 15) is 4.79 Å². The summed E-state index contributed by atoms with van der Waals surface area (Å²) in [6.45, 7) is 3.15. The van der Waals surface area contributed by atoms with E-state index < -0.39 is 0 Å². The minimum atomic E-state index is 0.0331. The van der Waals surface area contributed by atoms with E-state index in [4.69, 9.17) is 10.8 Å². The third-order valence-electron chi connectivity index (χ3n) is 3.65. The zero-order chi connectivity index (χ0) is 12.7. The van der Waals surface area contributed by atoms with Gasteiger partial charge in [-0.25, -0.2) is 0 Å². The highest BCUT2D eigenvalue weighted by molar-refractivity contribution is 5.78. The average molecular weight is 242 g/mol. The smallest absolute Gasteiger partial charge is 0.225 e. The fourth-order valence-corrected chi connectivity index (χ4v) is 2.63. The Morgan fingerprint density at radius 1 is 1.47 bits per heavy atom. The van der Waals surface area contributed by atoms with Crippen LogP contribution >= 0.6 is 0 Å². The first-order valence-electron chi connectivity index (χ1n) is 6.82. The zero-order valence-electron chi connectivity index (χ0n) is 10.9. The van der Waals surface area contributed by atoms with Gasteiger partial charge in [-0.3, -0.25) is 4.79 Å². The van der Waals surface area contributed by atoms with Crippen LogP contribution in [-0.4, -0.2) is 41.7 Å².